The molecule has 0 fully saturated rings. The van der Waals surface area contributed by atoms with Gasteiger partial charge in [0.05, 0.1) is 12.7 Å². The SMILES string of the molecule is Cc1nc([N+](=O)[O-])c(NCc2cn(CC(=O)O)nn2)n1C. The van der Waals surface area contributed by atoms with E-state index in [1.54, 1.807) is 18.5 Å². The summed E-state index contributed by atoms with van der Waals surface area (Å²) in [5, 5.41) is 29.8. The van der Waals surface area contributed by atoms with Gasteiger partial charge in [-0.1, -0.05) is 5.21 Å². The summed E-state index contributed by atoms with van der Waals surface area (Å²) < 4.78 is 2.72. The van der Waals surface area contributed by atoms with E-state index in [0.717, 1.165) is 0 Å². The average Bonchev–Trinajstić information content (AvgIpc) is 2.93. The molecule has 0 aliphatic rings. The monoisotopic (exact) mass is 295 g/mol. The second kappa shape index (κ2) is 5.56. The fourth-order valence-electron chi connectivity index (χ4n) is 1.73. The molecule has 11 heteroatoms. The summed E-state index contributed by atoms with van der Waals surface area (Å²) in [4.78, 5) is 24.7. The molecular formula is C10H13N7O4. The molecule has 0 spiro atoms. The minimum Gasteiger partial charge on any atom is -0.480 e. The lowest BCUT2D eigenvalue weighted by molar-refractivity contribution is -0.388. The highest BCUT2D eigenvalue weighted by atomic mass is 16.6. The van der Waals surface area contributed by atoms with Crippen LogP contribution in [-0.4, -0.2) is 40.5 Å². The van der Waals surface area contributed by atoms with Crippen LogP contribution in [0.15, 0.2) is 6.20 Å². The molecule has 0 aromatic carbocycles. The highest BCUT2D eigenvalue weighted by molar-refractivity contribution is 5.66. The van der Waals surface area contributed by atoms with Crippen molar-refractivity contribution in [3.05, 3.63) is 27.8 Å². The van der Waals surface area contributed by atoms with Crippen LogP contribution in [-0.2, 0) is 24.9 Å². The number of nitrogens with zero attached hydrogens (tertiary/aromatic N) is 6. The lowest BCUT2D eigenvalue weighted by Gasteiger charge is -2.04. The molecular weight excluding hydrogens is 282 g/mol. The van der Waals surface area contributed by atoms with Crippen LogP contribution >= 0.6 is 0 Å². The number of nitro groups is 1. The Balaban J connectivity index is 2.11. The third-order valence-corrected chi connectivity index (χ3v) is 2.79. The zero-order chi connectivity index (χ0) is 15.6. The van der Waals surface area contributed by atoms with Gasteiger partial charge in [-0.2, -0.15) is 0 Å². The Kier molecular flexibility index (Phi) is 3.82. The van der Waals surface area contributed by atoms with Gasteiger partial charge in [0.15, 0.2) is 0 Å². The maximum Gasteiger partial charge on any atom is 0.406 e. The van der Waals surface area contributed by atoms with E-state index in [4.69, 9.17) is 5.11 Å². The second-order valence-corrected chi connectivity index (χ2v) is 4.30. The number of aliphatic carboxylic acids is 1. The largest absolute Gasteiger partial charge is 0.480 e. The predicted octanol–water partition coefficient (Wildman–Crippen LogP) is -0.0751. The molecule has 0 bridgehead atoms. The quantitative estimate of drug-likeness (QED) is 0.557. The van der Waals surface area contributed by atoms with E-state index >= 15 is 0 Å². The molecule has 2 rings (SSSR count). The standard InChI is InChI=1S/C10H13N7O4/c1-6-12-10(17(20)21)9(15(6)2)11-3-7-4-16(14-13-7)5-8(18)19/h4,11H,3,5H2,1-2H3,(H,18,19). The predicted molar refractivity (Wildman–Crippen MR) is 69.6 cm³/mol. The minimum atomic E-state index is -1.03. The Morgan fingerprint density at radius 1 is 1.57 bits per heavy atom. The van der Waals surface area contributed by atoms with Crippen molar-refractivity contribution in [2.75, 3.05) is 5.32 Å². The Morgan fingerprint density at radius 2 is 2.29 bits per heavy atom. The normalized spacial score (nSPS) is 10.6. The number of imidazole rings is 1. The number of nitrogens with one attached hydrogen (secondary N) is 1. The van der Waals surface area contributed by atoms with Crippen LogP contribution in [0, 0.1) is 17.0 Å². The van der Waals surface area contributed by atoms with Gasteiger partial charge in [-0.3, -0.25) is 9.36 Å². The van der Waals surface area contributed by atoms with Crippen molar-refractivity contribution in [3.8, 4) is 0 Å². The molecule has 2 aromatic rings. The molecule has 0 atom stereocenters. The van der Waals surface area contributed by atoms with Gasteiger partial charge in [0.2, 0.25) is 11.6 Å². The van der Waals surface area contributed by atoms with Crippen LogP contribution in [0.1, 0.15) is 11.5 Å². The molecule has 0 saturated heterocycles. The maximum atomic E-state index is 10.9. The molecule has 11 nitrogen and oxygen atoms in total. The van der Waals surface area contributed by atoms with Crippen LogP contribution in [0.25, 0.3) is 0 Å². The van der Waals surface area contributed by atoms with Crippen molar-refractivity contribution in [1.29, 1.82) is 0 Å². The number of hydrogen-bond donors (Lipinski definition) is 2. The highest BCUT2D eigenvalue weighted by Crippen LogP contribution is 2.23. The number of anilines is 1. The van der Waals surface area contributed by atoms with Crippen LogP contribution in [0.2, 0.25) is 0 Å². The molecule has 2 aromatic heterocycles. The fraction of sp³-hybridized carbons (Fsp3) is 0.400. The lowest BCUT2D eigenvalue weighted by Crippen LogP contribution is -2.09. The number of rotatable bonds is 6. The van der Waals surface area contributed by atoms with Gasteiger partial charge in [-0.15, -0.1) is 5.10 Å². The first-order valence-electron chi connectivity index (χ1n) is 5.91. The molecule has 0 amide bonds. The third-order valence-electron chi connectivity index (χ3n) is 2.79. The smallest absolute Gasteiger partial charge is 0.406 e. The van der Waals surface area contributed by atoms with Crippen molar-refractivity contribution < 1.29 is 14.8 Å². The molecule has 112 valence electrons. The first-order valence-corrected chi connectivity index (χ1v) is 5.91. The molecule has 21 heavy (non-hydrogen) atoms. The number of carbonyl (C=O) groups is 1. The maximum absolute atomic E-state index is 10.9. The summed E-state index contributed by atoms with van der Waals surface area (Å²) in [6.45, 7) is 1.53. The van der Waals surface area contributed by atoms with Crippen LogP contribution < -0.4 is 5.32 Å². The van der Waals surface area contributed by atoms with Gasteiger partial charge in [-0.25, -0.2) is 4.68 Å². The number of carboxylic acids is 1. The van der Waals surface area contributed by atoms with Crippen molar-refractivity contribution in [1.82, 2.24) is 24.5 Å². The van der Waals surface area contributed by atoms with E-state index in [0.29, 0.717) is 11.5 Å². The van der Waals surface area contributed by atoms with E-state index in [1.165, 1.54) is 10.9 Å². The Labute approximate surface area is 118 Å². The summed E-state index contributed by atoms with van der Waals surface area (Å²) >= 11 is 0. The van der Waals surface area contributed by atoms with Crippen molar-refractivity contribution in [2.45, 2.75) is 20.0 Å². The Hall–Kier alpha value is -2.98. The zero-order valence-electron chi connectivity index (χ0n) is 11.3. The lowest BCUT2D eigenvalue weighted by atomic mass is 10.4. The molecule has 2 N–H and O–H groups in total. The van der Waals surface area contributed by atoms with Crippen molar-refractivity contribution in [3.63, 3.8) is 0 Å². The topological polar surface area (TPSA) is 141 Å². The van der Waals surface area contributed by atoms with Gasteiger partial charge in [0.25, 0.3) is 0 Å². The van der Waals surface area contributed by atoms with Crippen LogP contribution in [0.5, 0.6) is 0 Å². The van der Waals surface area contributed by atoms with E-state index in [9.17, 15) is 14.9 Å². The van der Waals surface area contributed by atoms with E-state index in [-0.39, 0.29) is 24.7 Å². The van der Waals surface area contributed by atoms with Crippen molar-refractivity contribution >= 4 is 17.6 Å². The number of carboxylic acid groups (broad SMARTS) is 1. The minimum absolute atomic E-state index is 0.166. The zero-order valence-corrected chi connectivity index (χ0v) is 11.3. The van der Waals surface area contributed by atoms with Crippen LogP contribution in [0.3, 0.4) is 0 Å². The van der Waals surface area contributed by atoms with Gasteiger partial charge < -0.3 is 20.5 Å². The highest BCUT2D eigenvalue weighted by Gasteiger charge is 2.23. The molecule has 0 unspecified atom stereocenters. The van der Waals surface area contributed by atoms with Gasteiger partial charge in [0.1, 0.15) is 12.2 Å². The molecule has 0 aliphatic carbocycles. The number of aromatic nitrogens is 5. The van der Waals surface area contributed by atoms with Gasteiger partial charge in [0, 0.05) is 14.0 Å². The Bertz CT molecular complexity index is 690. The third kappa shape index (κ3) is 3.13. The summed E-state index contributed by atoms with van der Waals surface area (Å²) in [6, 6.07) is 0. The molecule has 0 aliphatic heterocycles. The summed E-state index contributed by atoms with van der Waals surface area (Å²) in [6.07, 6.45) is 1.45. The molecule has 0 saturated carbocycles. The fourth-order valence-corrected chi connectivity index (χ4v) is 1.73. The first kappa shape index (κ1) is 14.4. The molecule has 0 radical (unpaired) electrons. The number of aryl methyl sites for hydroxylation is 1. The summed E-state index contributed by atoms with van der Waals surface area (Å²) in [5.41, 5.74) is 0.462. The van der Waals surface area contributed by atoms with Crippen LogP contribution in [0.4, 0.5) is 11.6 Å². The first-order chi connectivity index (χ1) is 9.88. The summed E-state index contributed by atoms with van der Waals surface area (Å²) in [7, 11) is 1.65. The second-order valence-electron chi connectivity index (χ2n) is 4.30. The van der Waals surface area contributed by atoms with Gasteiger partial charge in [-0.05, 0) is 9.91 Å². The van der Waals surface area contributed by atoms with E-state index in [1.807, 2.05) is 0 Å². The van der Waals surface area contributed by atoms with Crippen molar-refractivity contribution in [2.24, 2.45) is 7.05 Å². The van der Waals surface area contributed by atoms with E-state index in [2.05, 4.69) is 20.6 Å². The van der Waals surface area contributed by atoms with Gasteiger partial charge >= 0.3 is 11.8 Å². The van der Waals surface area contributed by atoms with E-state index < -0.39 is 10.9 Å². The molecule has 2 heterocycles. The Morgan fingerprint density at radius 3 is 2.90 bits per heavy atom. The number of hydrogen-bond acceptors (Lipinski definition) is 7. The average molecular weight is 295 g/mol. The summed E-state index contributed by atoms with van der Waals surface area (Å²) in [5.74, 6) is -0.547.